The van der Waals surface area contributed by atoms with Crippen LogP contribution in [0.25, 0.3) is 0 Å². The molecule has 1 aromatic rings. The van der Waals surface area contributed by atoms with Crippen molar-refractivity contribution in [2.45, 2.75) is 6.18 Å². The van der Waals surface area contributed by atoms with E-state index in [0.29, 0.717) is 0 Å². The number of rotatable bonds is 1. The molecule has 3 nitrogen and oxygen atoms in total. The molecule has 14 heavy (non-hydrogen) atoms. The first kappa shape index (κ1) is 12.4. The van der Waals surface area contributed by atoms with Gasteiger partial charge in [-0.25, -0.2) is 0 Å². The molecule has 1 rings (SSSR count). The van der Waals surface area contributed by atoms with Gasteiger partial charge in [-0.1, -0.05) is 0 Å². The summed E-state index contributed by atoms with van der Waals surface area (Å²) in [5.41, 5.74) is 4.12. The summed E-state index contributed by atoms with van der Waals surface area (Å²) in [6.07, 6.45) is -4.38. The lowest BCUT2D eigenvalue weighted by Gasteiger charge is -2.05. The van der Waals surface area contributed by atoms with Gasteiger partial charge in [0.15, 0.2) is 0 Å². The van der Waals surface area contributed by atoms with Crippen molar-refractivity contribution in [1.82, 2.24) is 0 Å². The van der Waals surface area contributed by atoms with E-state index in [2.05, 4.69) is 0 Å². The second-order valence-corrected chi connectivity index (χ2v) is 2.44. The van der Waals surface area contributed by atoms with E-state index in [0.717, 1.165) is 24.3 Å². The van der Waals surface area contributed by atoms with Crippen LogP contribution in [0.2, 0.25) is 0 Å². The van der Waals surface area contributed by atoms with Gasteiger partial charge in [-0.3, -0.25) is 4.79 Å². The molecule has 0 aliphatic carbocycles. The summed E-state index contributed by atoms with van der Waals surface area (Å²) in [5.74, 6) is -0.742. The molecule has 0 spiro atoms. The van der Waals surface area contributed by atoms with Crippen LogP contribution >= 0.6 is 0 Å². The highest BCUT2D eigenvalue weighted by atomic mass is 19.4. The van der Waals surface area contributed by atoms with Crippen LogP contribution in [0.5, 0.6) is 0 Å². The third-order valence-electron chi connectivity index (χ3n) is 1.50. The number of nitrogens with two attached hydrogens (primary N) is 1. The molecule has 0 fully saturated rings. The van der Waals surface area contributed by atoms with Gasteiger partial charge >= 0.3 is 6.18 Å². The smallest absolute Gasteiger partial charge is 0.412 e. The predicted molar refractivity (Wildman–Crippen MR) is 43.6 cm³/mol. The van der Waals surface area contributed by atoms with E-state index >= 15 is 0 Å². The van der Waals surface area contributed by atoms with Crippen LogP contribution in [0.4, 0.5) is 13.2 Å². The monoisotopic (exact) mass is 207 g/mol. The molecule has 0 aromatic heterocycles. The van der Waals surface area contributed by atoms with E-state index in [1.165, 1.54) is 0 Å². The van der Waals surface area contributed by atoms with Gasteiger partial charge in [0.25, 0.3) is 0 Å². The molecule has 78 valence electrons. The fourth-order valence-corrected chi connectivity index (χ4v) is 0.823. The second-order valence-electron chi connectivity index (χ2n) is 2.44. The minimum absolute atomic E-state index is 0. The number of amides is 1. The Morgan fingerprint density at radius 3 is 1.86 bits per heavy atom. The maximum absolute atomic E-state index is 12.0. The second kappa shape index (κ2) is 4.10. The Morgan fingerprint density at radius 2 is 1.57 bits per heavy atom. The minimum atomic E-state index is -4.38. The van der Waals surface area contributed by atoms with Crippen molar-refractivity contribution in [2.75, 3.05) is 0 Å². The number of carbonyl (C=O) groups excluding carboxylic acids is 1. The average Bonchev–Trinajstić information content (AvgIpc) is 2.03. The summed E-state index contributed by atoms with van der Waals surface area (Å²) in [7, 11) is 0. The lowest BCUT2D eigenvalue weighted by Crippen LogP contribution is -2.11. The summed E-state index contributed by atoms with van der Waals surface area (Å²) in [6, 6.07) is 3.73. The zero-order chi connectivity index (χ0) is 10.1. The number of carbonyl (C=O) groups is 1. The third kappa shape index (κ3) is 2.74. The first-order chi connectivity index (χ1) is 5.91. The Hall–Kier alpha value is -1.56. The highest BCUT2D eigenvalue weighted by Crippen LogP contribution is 2.28. The molecule has 0 bridgehead atoms. The summed E-state index contributed by atoms with van der Waals surface area (Å²) >= 11 is 0. The summed E-state index contributed by atoms with van der Waals surface area (Å²) < 4.78 is 36.0. The Morgan fingerprint density at radius 1 is 1.14 bits per heavy atom. The number of hydrogen-bond donors (Lipinski definition) is 1. The maximum Gasteiger partial charge on any atom is 0.416 e. The third-order valence-corrected chi connectivity index (χ3v) is 1.50. The van der Waals surface area contributed by atoms with Crippen molar-refractivity contribution < 1.29 is 23.4 Å². The van der Waals surface area contributed by atoms with E-state index < -0.39 is 17.6 Å². The van der Waals surface area contributed by atoms with Gasteiger partial charge in [0.1, 0.15) is 0 Å². The van der Waals surface area contributed by atoms with E-state index in [4.69, 9.17) is 5.73 Å². The summed E-state index contributed by atoms with van der Waals surface area (Å²) in [4.78, 5) is 10.5. The molecular weight excluding hydrogens is 199 g/mol. The Balaban J connectivity index is 0.00000169. The minimum Gasteiger partial charge on any atom is -0.412 e. The summed E-state index contributed by atoms with van der Waals surface area (Å²) in [5, 5.41) is 0. The lowest BCUT2D eigenvalue weighted by atomic mass is 10.1. The maximum atomic E-state index is 12.0. The number of alkyl halides is 3. The Labute approximate surface area is 77.6 Å². The Bertz CT molecular complexity index is 318. The zero-order valence-electron chi connectivity index (χ0n) is 6.93. The van der Waals surface area contributed by atoms with Crippen LogP contribution in [-0.2, 0) is 6.18 Å². The van der Waals surface area contributed by atoms with E-state index in [9.17, 15) is 18.0 Å². The van der Waals surface area contributed by atoms with Crippen molar-refractivity contribution in [3.05, 3.63) is 35.4 Å². The predicted octanol–water partition coefficient (Wildman–Crippen LogP) is 0.980. The molecule has 0 radical (unpaired) electrons. The van der Waals surface area contributed by atoms with E-state index in [1.54, 1.807) is 0 Å². The molecule has 0 aliphatic rings. The van der Waals surface area contributed by atoms with Gasteiger partial charge in [0.05, 0.1) is 5.56 Å². The van der Waals surface area contributed by atoms with Crippen molar-refractivity contribution in [3.63, 3.8) is 0 Å². The van der Waals surface area contributed by atoms with Crippen LogP contribution in [-0.4, -0.2) is 11.4 Å². The average molecular weight is 207 g/mol. The molecule has 6 heteroatoms. The van der Waals surface area contributed by atoms with E-state index in [1.807, 2.05) is 0 Å². The van der Waals surface area contributed by atoms with Gasteiger partial charge in [0, 0.05) is 5.56 Å². The zero-order valence-corrected chi connectivity index (χ0v) is 6.93. The molecule has 0 heterocycles. The standard InChI is InChI=1S/C8H6F3NO.H2O/c9-8(10,11)6-3-1-5(2-4-6)7(12)13;/h1-4H,(H2,12,13);1H2. The Kier molecular flexibility index (Phi) is 3.64. The lowest BCUT2D eigenvalue weighted by molar-refractivity contribution is -0.137. The number of benzene rings is 1. The largest absolute Gasteiger partial charge is 0.416 e. The number of hydrogen-bond acceptors (Lipinski definition) is 1. The highest BCUT2D eigenvalue weighted by Gasteiger charge is 2.30. The van der Waals surface area contributed by atoms with Gasteiger partial charge in [-0.15, -0.1) is 0 Å². The number of halogens is 3. The van der Waals surface area contributed by atoms with Crippen LogP contribution < -0.4 is 5.73 Å². The van der Waals surface area contributed by atoms with Crippen molar-refractivity contribution >= 4 is 5.91 Å². The van der Waals surface area contributed by atoms with Gasteiger partial charge in [0.2, 0.25) is 5.91 Å². The fourth-order valence-electron chi connectivity index (χ4n) is 0.823. The molecule has 1 amide bonds. The first-order valence-corrected chi connectivity index (χ1v) is 3.38. The number of primary amides is 1. The highest BCUT2D eigenvalue weighted by molar-refractivity contribution is 5.92. The van der Waals surface area contributed by atoms with Crippen LogP contribution in [0.15, 0.2) is 24.3 Å². The van der Waals surface area contributed by atoms with Crippen LogP contribution in [0, 0.1) is 0 Å². The summed E-state index contributed by atoms with van der Waals surface area (Å²) in [6.45, 7) is 0. The molecule has 0 aliphatic heterocycles. The van der Waals surface area contributed by atoms with Crippen LogP contribution in [0.3, 0.4) is 0 Å². The van der Waals surface area contributed by atoms with Crippen molar-refractivity contribution in [1.29, 1.82) is 0 Å². The van der Waals surface area contributed by atoms with Crippen molar-refractivity contribution in [2.24, 2.45) is 5.73 Å². The SMILES string of the molecule is NC(=O)c1ccc(C(F)(F)F)cc1.O. The fraction of sp³-hybridized carbons (Fsp3) is 0.125. The van der Waals surface area contributed by atoms with E-state index in [-0.39, 0.29) is 11.0 Å². The molecule has 0 atom stereocenters. The topological polar surface area (TPSA) is 74.6 Å². The molecular formula is C8H8F3NO2. The first-order valence-electron chi connectivity index (χ1n) is 3.38. The molecule has 4 N–H and O–H groups in total. The van der Waals surface area contributed by atoms with Crippen LogP contribution in [0.1, 0.15) is 15.9 Å². The molecule has 0 saturated carbocycles. The van der Waals surface area contributed by atoms with Gasteiger partial charge < -0.3 is 11.2 Å². The molecule has 0 saturated heterocycles. The van der Waals surface area contributed by atoms with Gasteiger partial charge in [-0.2, -0.15) is 13.2 Å². The van der Waals surface area contributed by atoms with Crippen molar-refractivity contribution in [3.8, 4) is 0 Å². The normalized spacial score (nSPS) is 10.5. The quantitative estimate of drug-likeness (QED) is 0.732. The molecule has 0 unspecified atom stereocenters. The molecule has 1 aromatic carbocycles. The van der Waals surface area contributed by atoms with Gasteiger partial charge in [-0.05, 0) is 24.3 Å².